The van der Waals surface area contributed by atoms with E-state index < -0.39 is 0 Å². The lowest BCUT2D eigenvalue weighted by Gasteiger charge is -2.18. The topological polar surface area (TPSA) is 69.6 Å². The highest BCUT2D eigenvalue weighted by Gasteiger charge is 2.10. The van der Waals surface area contributed by atoms with Crippen molar-refractivity contribution in [2.75, 3.05) is 33.7 Å². The van der Waals surface area contributed by atoms with E-state index in [0.717, 1.165) is 30.5 Å². The van der Waals surface area contributed by atoms with E-state index in [9.17, 15) is 4.79 Å². The Morgan fingerprint density at radius 1 is 1.17 bits per heavy atom. The number of pyridine rings is 1. The van der Waals surface area contributed by atoms with Gasteiger partial charge in [-0.3, -0.25) is 14.8 Å². The molecule has 1 aromatic heterocycles. The van der Waals surface area contributed by atoms with Crippen molar-refractivity contribution in [2.45, 2.75) is 19.3 Å². The second-order valence-electron chi connectivity index (χ2n) is 6.58. The number of amides is 1. The zero-order chi connectivity index (χ0) is 21.1. The van der Waals surface area contributed by atoms with Crippen molar-refractivity contribution in [3.63, 3.8) is 0 Å². The second kappa shape index (κ2) is 12.3. The summed E-state index contributed by atoms with van der Waals surface area (Å²) in [6.45, 7) is 1.51. The summed E-state index contributed by atoms with van der Waals surface area (Å²) in [7, 11) is 3.47. The Morgan fingerprint density at radius 3 is 2.69 bits per heavy atom. The summed E-state index contributed by atoms with van der Waals surface area (Å²) >= 11 is 12.1. The van der Waals surface area contributed by atoms with Crippen molar-refractivity contribution in [3.05, 3.63) is 63.9 Å². The molecule has 1 amide bonds. The number of hydrogen-bond acceptors (Lipinski definition) is 3. The molecule has 0 spiro atoms. The van der Waals surface area contributed by atoms with Gasteiger partial charge in [0.05, 0.1) is 6.54 Å². The van der Waals surface area contributed by atoms with Gasteiger partial charge in [-0.1, -0.05) is 35.3 Å². The first-order valence-electron chi connectivity index (χ1n) is 9.52. The highest BCUT2D eigenvalue weighted by Crippen LogP contribution is 2.21. The highest BCUT2D eigenvalue weighted by atomic mass is 35.5. The van der Waals surface area contributed by atoms with Crippen LogP contribution in [0.2, 0.25) is 10.0 Å². The number of aryl methyl sites for hydroxylation is 1. The summed E-state index contributed by atoms with van der Waals surface area (Å²) in [6, 6.07) is 11.3. The molecule has 2 aromatic rings. The number of hydrogen-bond donors (Lipinski definition) is 2. The highest BCUT2D eigenvalue weighted by molar-refractivity contribution is 6.35. The van der Waals surface area contributed by atoms with Crippen molar-refractivity contribution in [1.29, 1.82) is 0 Å². The number of aliphatic imine (C=N–C) groups is 1. The third-order valence-electron chi connectivity index (χ3n) is 4.42. The van der Waals surface area contributed by atoms with Gasteiger partial charge in [0.2, 0.25) is 5.91 Å². The van der Waals surface area contributed by atoms with Crippen LogP contribution in [0.5, 0.6) is 0 Å². The molecule has 0 atom stereocenters. The van der Waals surface area contributed by atoms with Crippen LogP contribution in [-0.4, -0.2) is 55.5 Å². The minimum absolute atomic E-state index is 0.00294. The van der Waals surface area contributed by atoms with Crippen LogP contribution in [0.25, 0.3) is 0 Å². The van der Waals surface area contributed by atoms with Crippen LogP contribution in [0.3, 0.4) is 0 Å². The molecule has 0 radical (unpaired) electrons. The van der Waals surface area contributed by atoms with Gasteiger partial charge in [0.25, 0.3) is 0 Å². The Morgan fingerprint density at radius 2 is 2.00 bits per heavy atom. The van der Waals surface area contributed by atoms with Gasteiger partial charge in [0.15, 0.2) is 5.96 Å². The smallest absolute Gasteiger partial charge is 0.241 e. The fraction of sp³-hybridized carbons (Fsp3) is 0.381. The molecular formula is C21H27Cl2N5O. The molecule has 0 aliphatic carbocycles. The summed E-state index contributed by atoms with van der Waals surface area (Å²) < 4.78 is 0. The van der Waals surface area contributed by atoms with E-state index in [1.807, 2.05) is 30.3 Å². The molecule has 6 nitrogen and oxygen atoms in total. The van der Waals surface area contributed by atoms with Crippen molar-refractivity contribution in [2.24, 2.45) is 4.99 Å². The first-order valence-corrected chi connectivity index (χ1v) is 10.3. The van der Waals surface area contributed by atoms with Gasteiger partial charge in [0.1, 0.15) is 0 Å². The standard InChI is InChI=1S/C21H27Cl2N5O/c1-24-21(26-12-5-6-16-8-9-17(22)14-19(16)23)27-15-20(29)28(2)13-10-18-7-3-4-11-25-18/h3-4,7-9,11,14H,5-6,10,12-13,15H2,1-2H3,(H2,24,26,27). The summed E-state index contributed by atoms with van der Waals surface area (Å²) in [6.07, 6.45) is 4.19. The van der Waals surface area contributed by atoms with Crippen molar-refractivity contribution < 1.29 is 4.79 Å². The normalized spacial score (nSPS) is 11.2. The summed E-state index contributed by atoms with van der Waals surface area (Å²) in [5, 5.41) is 7.58. The molecule has 0 fully saturated rings. The van der Waals surface area contributed by atoms with Gasteiger partial charge >= 0.3 is 0 Å². The third kappa shape index (κ3) is 8.30. The van der Waals surface area contributed by atoms with Crippen LogP contribution < -0.4 is 10.6 Å². The Hall–Kier alpha value is -2.31. The van der Waals surface area contributed by atoms with E-state index in [0.29, 0.717) is 29.1 Å². The van der Waals surface area contributed by atoms with Crippen LogP contribution in [0.4, 0.5) is 0 Å². The lowest BCUT2D eigenvalue weighted by atomic mass is 10.1. The van der Waals surface area contributed by atoms with Crippen LogP contribution in [0, 0.1) is 0 Å². The number of likely N-dealkylation sites (N-methyl/N-ethyl adjacent to an activating group) is 1. The lowest BCUT2D eigenvalue weighted by molar-refractivity contribution is -0.128. The van der Waals surface area contributed by atoms with E-state index in [2.05, 4.69) is 20.6 Å². The minimum atomic E-state index is -0.00294. The van der Waals surface area contributed by atoms with Crippen LogP contribution in [-0.2, 0) is 17.6 Å². The van der Waals surface area contributed by atoms with Crippen molar-refractivity contribution in [1.82, 2.24) is 20.5 Å². The number of carbonyl (C=O) groups excluding carboxylic acids is 1. The zero-order valence-corrected chi connectivity index (χ0v) is 18.3. The molecule has 8 heteroatoms. The predicted octanol–water partition coefficient (Wildman–Crippen LogP) is 3.19. The molecule has 1 aromatic carbocycles. The second-order valence-corrected chi connectivity index (χ2v) is 7.42. The SMILES string of the molecule is CN=C(NCCCc1ccc(Cl)cc1Cl)NCC(=O)N(C)CCc1ccccn1. The number of benzene rings is 1. The number of carbonyl (C=O) groups is 1. The fourth-order valence-corrected chi connectivity index (χ4v) is 3.18. The molecule has 0 saturated heterocycles. The molecule has 2 N–H and O–H groups in total. The van der Waals surface area contributed by atoms with Crippen molar-refractivity contribution >= 4 is 35.1 Å². The van der Waals surface area contributed by atoms with Crippen molar-refractivity contribution in [3.8, 4) is 0 Å². The number of nitrogens with zero attached hydrogens (tertiary/aromatic N) is 3. The molecule has 2 rings (SSSR count). The molecule has 0 aliphatic rings. The van der Waals surface area contributed by atoms with Gasteiger partial charge in [-0.2, -0.15) is 0 Å². The van der Waals surface area contributed by atoms with Gasteiger partial charge in [-0.15, -0.1) is 0 Å². The first-order chi connectivity index (χ1) is 14.0. The van der Waals surface area contributed by atoms with E-state index in [1.54, 1.807) is 31.3 Å². The largest absolute Gasteiger partial charge is 0.356 e. The van der Waals surface area contributed by atoms with E-state index in [4.69, 9.17) is 23.2 Å². The number of halogens is 2. The Kier molecular flexibility index (Phi) is 9.74. The quantitative estimate of drug-likeness (QED) is 0.360. The zero-order valence-electron chi connectivity index (χ0n) is 16.8. The van der Waals surface area contributed by atoms with Crippen LogP contribution in [0.15, 0.2) is 47.6 Å². The van der Waals surface area contributed by atoms with Gasteiger partial charge < -0.3 is 15.5 Å². The molecule has 29 heavy (non-hydrogen) atoms. The first kappa shape index (κ1) is 23.0. The average molecular weight is 436 g/mol. The van der Waals surface area contributed by atoms with Gasteiger partial charge in [-0.05, 0) is 42.7 Å². The molecule has 156 valence electrons. The number of rotatable bonds is 9. The maximum absolute atomic E-state index is 12.3. The Balaban J connectivity index is 1.66. The number of aromatic nitrogens is 1. The summed E-state index contributed by atoms with van der Waals surface area (Å²) in [5.74, 6) is 0.593. The van der Waals surface area contributed by atoms with Gasteiger partial charge in [0, 0.05) is 55.5 Å². The molecule has 0 aliphatic heterocycles. The Labute approximate surface area is 182 Å². The van der Waals surface area contributed by atoms with E-state index in [1.165, 1.54) is 0 Å². The maximum atomic E-state index is 12.3. The van der Waals surface area contributed by atoms with Crippen LogP contribution >= 0.6 is 23.2 Å². The predicted molar refractivity (Wildman–Crippen MR) is 120 cm³/mol. The van der Waals surface area contributed by atoms with E-state index in [-0.39, 0.29) is 12.5 Å². The minimum Gasteiger partial charge on any atom is -0.356 e. The summed E-state index contributed by atoms with van der Waals surface area (Å²) in [4.78, 5) is 22.4. The number of guanidine groups is 1. The summed E-state index contributed by atoms with van der Waals surface area (Å²) in [5.41, 5.74) is 2.03. The average Bonchev–Trinajstić information content (AvgIpc) is 2.73. The molecule has 0 unspecified atom stereocenters. The number of nitrogens with one attached hydrogen (secondary N) is 2. The molecular weight excluding hydrogens is 409 g/mol. The van der Waals surface area contributed by atoms with E-state index >= 15 is 0 Å². The maximum Gasteiger partial charge on any atom is 0.241 e. The molecule has 1 heterocycles. The van der Waals surface area contributed by atoms with Crippen LogP contribution in [0.1, 0.15) is 17.7 Å². The fourth-order valence-electron chi connectivity index (χ4n) is 2.68. The molecule has 0 bridgehead atoms. The molecule has 0 saturated carbocycles. The lowest BCUT2D eigenvalue weighted by Crippen LogP contribution is -2.44. The Bertz CT molecular complexity index is 814. The van der Waals surface area contributed by atoms with Gasteiger partial charge in [-0.25, -0.2) is 0 Å². The third-order valence-corrected chi connectivity index (χ3v) is 5.00. The monoisotopic (exact) mass is 435 g/mol.